The van der Waals surface area contributed by atoms with Gasteiger partial charge in [0.2, 0.25) is 0 Å². The Labute approximate surface area is 140 Å². The highest BCUT2D eigenvalue weighted by Gasteiger charge is 2.14. The lowest BCUT2D eigenvalue weighted by atomic mass is 10.1. The summed E-state index contributed by atoms with van der Waals surface area (Å²) in [6.07, 6.45) is 0.956. The molecule has 1 N–H and O–H groups in total. The molecule has 0 aromatic heterocycles. The van der Waals surface area contributed by atoms with Crippen molar-refractivity contribution in [3.05, 3.63) is 69.3 Å². The number of nitro benzene ring substituents is 1. The molecule has 124 valence electrons. The van der Waals surface area contributed by atoms with Gasteiger partial charge in [-0.1, -0.05) is 31.2 Å². The van der Waals surface area contributed by atoms with Crippen LogP contribution < -0.4 is 5.32 Å². The van der Waals surface area contributed by atoms with Crippen LogP contribution in [0, 0.1) is 21.4 Å². The fraction of sp³-hybridized carbons (Fsp3) is 0.278. The molecule has 0 unspecified atom stereocenters. The number of hydrogen-bond donors (Lipinski definition) is 1. The normalized spacial score (nSPS) is 10.2. The maximum absolute atomic E-state index is 11.2. The van der Waals surface area contributed by atoms with E-state index in [1.54, 1.807) is 12.1 Å². The predicted molar refractivity (Wildman–Crippen MR) is 91.5 cm³/mol. The Morgan fingerprint density at radius 3 is 2.67 bits per heavy atom. The van der Waals surface area contributed by atoms with Gasteiger partial charge in [0.1, 0.15) is 5.69 Å². The SMILES string of the molecule is CCCOCc1ccccc1CNc1ccc(C#N)cc1[N+](=O)[O-]. The van der Waals surface area contributed by atoms with Crippen LogP contribution in [-0.4, -0.2) is 11.5 Å². The second kappa shape index (κ2) is 8.65. The summed E-state index contributed by atoms with van der Waals surface area (Å²) in [5.41, 5.74) is 2.62. The molecule has 0 aliphatic carbocycles. The van der Waals surface area contributed by atoms with E-state index >= 15 is 0 Å². The van der Waals surface area contributed by atoms with E-state index in [1.807, 2.05) is 30.3 Å². The number of hydrogen-bond acceptors (Lipinski definition) is 5. The van der Waals surface area contributed by atoms with E-state index in [-0.39, 0.29) is 11.3 Å². The lowest BCUT2D eigenvalue weighted by Gasteiger charge is -2.12. The largest absolute Gasteiger partial charge is 0.377 e. The first-order valence-electron chi connectivity index (χ1n) is 7.72. The number of anilines is 1. The molecule has 6 nitrogen and oxygen atoms in total. The third kappa shape index (κ3) is 4.54. The van der Waals surface area contributed by atoms with E-state index in [4.69, 9.17) is 10.00 Å². The molecule has 0 saturated carbocycles. The van der Waals surface area contributed by atoms with Crippen molar-refractivity contribution in [2.75, 3.05) is 11.9 Å². The summed E-state index contributed by atoms with van der Waals surface area (Å²) >= 11 is 0. The molecule has 0 heterocycles. The van der Waals surface area contributed by atoms with Crippen LogP contribution in [0.5, 0.6) is 0 Å². The molecule has 0 amide bonds. The highest BCUT2D eigenvalue weighted by Crippen LogP contribution is 2.26. The third-order valence-electron chi connectivity index (χ3n) is 3.52. The zero-order valence-electron chi connectivity index (χ0n) is 13.5. The highest BCUT2D eigenvalue weighted by atomic mass is 16.6. The molecule has 2 rings (SSSR count). The Morgan fingerprint density at radius 1 is 1.25 bits per heavy atom. The van der Waals surface area contributed by atoms with E-state index in [0.29, 0.717) is 25.4 Å². The van der Waals surface area contributed by atoms with Gasteiger partial charge in [-0.25, -0.2) is 0 Å². The molecule has 0 aliphatic heterocycles. The Morgan fingerprint density at radius 2 is 2.00 bits per heavy atom. The first-order chi connectivity index (χ1) is 11.7. The summed E-state index contributed by atoms with van der Waals surface area (Å²) in [6.45, 7) is 3.71. The van der Waals surface area contributed by atoms with Gasteiger partial charge >= 0.3 is 0 Å². The number of benzene rings is 2. The number of nitrogens with one attached hydrogen (secondary N) is 1. The minimum absolute atomic E-state index is 0.103. The van der Waals surface area contributed by atoms with Gasteiger partial charge in [-0.3, -0.25) is 10.1 Å². The second-order valence-electron chi connectivity index (χ2n) is 5.28. The average Bonchev–Trinajstić information content (AvgIpc) is 2.61. The van der Waals surface area contributed by atoms with Crippen molar-refractivity contribution in [2.45, 2.75) is 26.5 Å². The molecule has 0 spiro atoms. The topological polar surface area (TPSA) is 88.2 Å². The molecule has 2 aromatic carbocycles. The van der Waals surface area contributed by atoms with Gasteiger partial charge in [0.15, 0.2) is 0 Å². The van der Waals surface area contributed by atoms with Crippen LogP contribution in [0.1, 0.15) is 30.0 Å². The van der Waals surface area contributed by atoms with Crippen molar-refractivity contribution >= 4 is 11.4 Å². The highest BCUT2D eigenvalue weighted by molar-refractivity contribution is 5.64. The number of rotatable bonds is 8. The quantitative estimate of drug-likeness (QED) is 0.450. The molecule has 0 aliphatic rings. The lowest BCUT2D eigenvalue weighted by molar-refractivity contribution is -0.384. The summed E-state index contributed by atoms with van der Waals surface area (Å²) in [4.78, 5) is 10.7. The van der Waals surface area contributed by atoms with Gasteiger partial charge in [-0.15, -0.1) is 0 Å². The van der Waals surface area contributed by atoms with E-state index in [1.165, 1.54) is 6.07 Å². The monoisotopic (exact) mass is 325 g/mol. The van der Waals surface area contributed by atoms with E-state index in [0.717, 1.165) is 17.5 Å². The number of nitro groups is 1. The van der Waals surface area contributed by atoms with Crippen LogP contribution in [0.25, 0.3) is 0 Å². The molecule has 0 fully saturated rings. The maximum atomic E-state index is 11.2. The first-order valence-corrected chi connectivity index (χ1v) is 7.72. The number of nitriles is 1. The van der Waals surface area contributed by atoms with E-state index in [2.05, 4.69) is 12.2 Å². The molecule has 0 atom stereocenters. The Bertz CT molecular complexity index is 753. The molecule has 6 heteroatoms. The minimum atomic E-state index is -0.487. The first kappa shape index (κ1) is 17.4. The van der Waals surface area contributed by atoms with Gasteiger partial charge in [0.05, 0.1) is 23.2 Å². The van der Waals surface area contributed by atoms with Crippen molar-refractivity contribution in [2.24, 2.45) is 0 Å². The summed E-state index contributed by atoms with van der Waals surface area (Å²) in [7, 11) is 0. The summed E-state index contributed by atoms with van der Waals surface area (Å²) in [5.74, 6) is 0. The fourth-order valence-electron chi connectivity index (χ4n) is 2.29. The van der Waals surface area contributed by atoms with Crippen LogP contribution in [0.4, 0.5) is 11.4 Å². The Balaban J connectivity index is 2.14. The van der Waals surface area contributed by atoms with Crippen molar-refractivity contribution < 1.29 is 9.66 Å². The lowest BCUT2D eigenvalue weighted by Crippen LogP contribution is -2.06. The maximum Gasteiger partial charge on any atom is 0.293 e. The van der Waals surface area contributed by atoms with Crippen LogP contribution >= 0.6 is 0 Å². The van der Waals surface area contributed by atoms with Crippen molar-refractivity contribution in [1.29, 1.82) is 5.26 Å². The number of ether oxygens (including phenoxy) is 1. The van der Waals surface area contributed by atoms with Gasteiger partial charge in [-0.2, -0.15) is 5.26 Å². The minimum Gasteiger partial charge on any atom is -0.377 e. The fourth-order valence-corrected chi connectivity index (χ4v) is 2.29. The molecule has 0 radical (unpaired) electrons. The van der Waals surface area contributed by atoms with Gasteiger partial charge in [-0.05, 0) is 29.7 Å². The smallest absolute Gasteiger partial charge is 0.293 e. The van der Waals surface area contributed by atoms with Gasteiger partial charge in [0.25, 0.3) is 5.69 Å². The summed E-state index contributed by atoms with van der Waals surface area (Å²) in [6, 6.07) is 14.1. The van der Waals surface area contributed by atoms with E-state index < -0.39 is 4.92 Å². The Hall–Kier alpha value is -2.91. The van der Waals surface area contributed by atoms with E-state index in [9.17, 15) is 10.1 Å². The van der Waals surface area contributed by atoms with Crippen LogP contribution in [0.2, 0.25) is 0 Å². The summed E-state index contributed by atoms with van der Waals surface area (Å²) < 4.78 is 5.58. The van der Waals surface area contributed by atoms with Crippen molar-refractivity contribution in [3.63, 3.8) is 0 Å². The van der Waals surface area contributed by atoms with Crippen LogP contribution in [-0.2, 0) is 17.9 Å². The van der Waals surface area contributed by atoms with Crippen molar-refractivity contribution in [3.8, 4) is 6.07 Å². The molecule has 0 saturated heterocycles. The zero-order valence-corrected chi connectivity index (χ0v) is 13.5. The predicted octanol–water partition coefficient (Wildman–Crippen LogP) is 4.01. The van der Waals surface area contributed by atoms with Crippen molar-refractivity contribution in [1.82, 2.24) is 0 Å². The average molecular weight is 325 g/mol. The molecule has 0 bridgehead atoms. The van der Waals surface area contributed by atoms with Crippen LogP contribution in [0.15, 0.2) is 42.5 Å². The summed E-state index contributed by atoms with van der Waals surface area (Å²) in [5, 5.41) is 23.1. The van der Waals surface area contributed by atoms with Gasteiger partial charge < -0.3 is 10.1 Å². The molecular weight excluding hydrogens is 306 g/mol. The van der Waals surface area contributed by atoms with Gasteiger partial charge in [0, 0.05) is 19.2 Å². The molecule has 2 aromatic rings. The van der Waals surface area contributed by atoms with Crippen LogP contribution in [0.3, 0.4) is 0 Å². The third-order valence-corrected chi connectivity index (χ3v) is 3.52. The zero-order chi connectivity index (χ0) is 17.4. The Kier molecular flexibility index (Phi) is 6.29. The molecule has 24 heavy (non-hydrogen) atoms. The number of nitrogens with zero attached hydrogens (tertiary/aromatic N) is 2. The standard InChI is InChI=1S/C18H19N3O3/c1-2-9-24-13-16-6-4-3-5-15(16)12-20-17-8-7-14(11-19)10-18(17)21(22)23/h3-8,10,20H,2,9,12-13H2,1H3. The molecular formula is C18H19N3O3. The second-order valence-corrected chi connectivity index (χ2v) is 5.28.